The van der Waals surface area contributed by atoms with Crippen LogP contribution < -0.4 is 22.1 Å². The van der Waals surface area contributed by atoms with Gasteiger partial charge in [-0.3, -0.25) is 0 Å². The topological polar surface area (TPSA) is 23.1 Å². The van der Waals surface area contributed by atoms with Crippen LogP contribution in [-0.4, -0.2) is 23.1 Å². The molecule has 1 unspecified atom stereocenters. The minimum absolute atomic E-state index is 0. The van der Waals surface area contributed by atoms with Crippen molar-refractivity contribution in [2.75, 3.05) is 0 Å². The van der Waals surface area contributed by atoms with Crippen molar-refractivity contribution in [3.63, 3.8) is 0 Å². The minimum atomic E-state index is -0.531. The summed E-state index contributed by atoms with van der Waals surface area (Å²) in [4.78, 5) is 0. The van der Waals surface area contributed by atoms with Crippen LogP contribution in [0.15, 0.2) is 24.3 Å². The maximum Gasteiger partial charge on any atom is 2.00 e. The van der Waals surface area contributed by atoms with E-state index < -0.39 is 5.44 Å². The van der Waals surface area contributed by atoms with Gasteiger partial charge < -0.3 is 22.1 Å². The second kappa shape index (κ2) is 5.49. The molecule has 12 heavy (non-hydrogen) atoms. The molecular formula is C8H7BrMgOS. The summed E-state index contributed by atoms with van der Waals surface area (Å²) < 4.78 is 0. The number of thioether (sulfide) groups is 1. The molecule has 0 fully saturated rings. The van der Waals surface area contributed by atoms with Crippen molar-refractivity contribution in [1.82, 2.24) is 0 Å². The van der Waals surface area contributed by atoms with Gasteiger partial charge in [0.25, 0.3) is 0 Å². The number of hydrogen-bond donors (Lipinski definition) is 0. The van der Waals surface area contributed by atoms with E-state index in [1.54, 1.807) is 0 Å². The zero-order valence-electron chi connectivity index (χ0n) is 6.50. The molecule has 1 aliphatic heterocycles. The zero-order chi connectivity index (χ0) is 6.97. The maximum absolute atomic E-state index is 11.1. The molecule has 0 bridgehead atoms. The van der Waals surface area contributed by atoms with Gasteiger partial charge in [-0.1, -0.05) is 24.3 Å². The van der Waals surface area contributed by atoms with Crippen molar-refractivity contribution in [1.29, 1.82) is 0 Å². The first-order valence-corrected chi connectivity index (χ1v) is 4.28. The van der Waals surface area contributed by atoms with Crippen molar-refractivity contribution in [3.8, 4) is 0 Å². The Balaban J connectivity index is 0.000000605. The molecule has 4 heteroatoms. The monoisotopic (exact) mass is 254 g/mol. The van der Waals surface area contributed by atoms with Crippen LogP contribution in [0, 0.1) is 0 Å². The molecule has 1 aromatic rings. The van der Waals surface area contributed by atoms with E-state index in [9.17, 15) is 5.11 Å². The van der Waals surface area contributed by atoms with E-state index in [-0.39, 0.29) is 40.0 Å². The number of halogens is 1. The van der Waals surface area contributed by atoms with Gasteiger partial charge in [-0.25, -0.2) is 0 Å². The number of benzene rings is 1. The molecule has 1 heterocycles. The van der Waals surface area contributed by atoms with E-state index in [1.807, 2.05) is 24.3 Å². The molecule has 0 saturated heterocycles. The van der Waals surface area contributed by atoms with E-state index in [0.29, 0.717) is 0 Å². The summed E-state index contributed by atoms with van der Waals surface area (Å²) in [5.74, 6) is 0.893. The molecule has 1 aliphatic rings. The summed E-state index contributed by atoms with van der Waals surface area (Å²) in [5, 5.41) is 11.1. The Hall–Kier alpha value is 0.776. The molecule has 1 atom stereocenters. The van der Waals surface area contributed by atoms with Gasteiger partial charge in [-0.15, -0.1) is 0 Å². The predicted molar refractivity (Wildman–Crippen MR) is 46.2 cm³/mol. The first kappa shape index (κ1) is 12.8. The first-order valence-electron chi connectivity index (χ1n) is 3.23. The average Bonchev–Trinajstić information content (AvgIpc) is 2.34. The fraction of sp³-hybridized carbons (Fsp3) is 0.250. The van der Waals surface area contributed by atoms with Gasteiger partial charge in [0.05, 0.1) is 0 Å². The van der Waals surface area contributed by atoms with Crippen molar-refractivity contribution < 1.29 is 22.1 Å². The van der Waals surface area contributed by atoms with Gasteiger partial charge in [0.2, 0.25) is 0 Å². The van der Waals surface area contributed by atoms with E-state index in [0.717, 1.165) is 11.3 Å². The Kier molecular flexibility index (Phi) is 5.85. The van der Waals surface area contributed by atoms with Crippen molar-refractivity contribution >= 4 is 34.8 Å². The Morgan fingerprint density at radius 2 is 2.00 bits per heavy atom. The summed E-state index contributed by atoms with van der Waals surface area (Å²) in [6, 6.07) is 7.86. The standard InChI is InChI=1S/C8H7OS.BrH.Mg/c9-8-7-4-2-1-3-6(7)5-10-8;;/h1-4,8H,5H2;1H;/q-1;;+2/p-1. The number of rotatable bonds is 0. The quantitative estimate of drug-likeness (QED) is 0.497. The van der Waals surface area contributed by atoms with Crippen LogP contribution in [0.5, 0.6) is 0 Å². The smallest absolute Gasteiger partial charge is 1.00 e. The van der Waals surface area contributed by atoms with Crippen molar-refractivity contribution in [2.45, 2.75) is 11.2 Å². The largest absolute Gasteiger partial charge is 2.00 e. The third-order valence-corrected chi connectivity index (χ3v) is 2.73. The Morgan fingerprint density at radius 1 is 1.33 bits per heavy atom. The van der Waals surface area contributed by atoms with Crippen LogP contribution in [0.2, 0.25) is 0 Å². The summed E-state index contributed by atoms with van der Waals surface area (Å²) >= 11 is 1.47. The Bertz CT molecular complexity index is 257. The van der Waals surface area contributed by atoms with Crippen LogP contribution in [0.4, 0.5) is 0 Å². The van der Waals surface area contributed by atoms with E-state index >= 15 is 0 Å². The first-order chi connectivity index (χ1) is 4.88. The molecule has 0 aliphatic carbocycles. The van der Waals surface area contributed by atoms with Gasteiger partial charge in [-0.05, 0) is 16.6 Å². The summed E-state index contributed by atoms with van der Waals surface area (Å²) in [5.41, 5.74) is 1.66. The molecule has 1 nitrogen and oxygen atoms in total. The average molecular weight is 255 g/mol. The third-order valence-electron chi connectivity index (χ3n) is 1.70. The second-order valence-electron chi connectivity index (χ2n) is 2.34. The minimum Gasteiger partial charge on any atom is -1.00 e. The molecule has 60 valence electrons. The molecule has 0 radical (unpaired) electrons. The van der Waals surface area contributed by atoms with Crippen molar-refractivity contribution in [2.24, 2.45) is 0 Å². The van der Waals surface area contributed by atoms with E-state index in [4.69, 9.17) is 0 Å². The molecule has 0 amide bonds. The fourth-order valence-electron chi connectivity index (χ4n) is 1.15. The van der Waals surface area contributed by atoms with Crippen LogP contribution in [0.1, 0.15) is 16.6 Å². The molecule has 0 saturated carbocycles. The van der Waals surface area contributed by atoms with Crippen molar-refractivity contribution in [3.05, 3.63) is 35.4 Å². The molecule has 0 spiro atoms. The Labute approximate surface area is 103 Å². The van der Waals surface area contributed by atoms with E-state index in [2.05, 4.69) is 0 Å². The normalized spacial score (nSPS) is 18.9. The van der Waals surface area contributed by atoms with Gasteiger partial charge in [0.1, 0.15) is 0 Å². The van der Waals surface area contributed by atoms with Gasteiger partial charge >= 0.3 is 23.1 Å². The van der Waals surface area contributed by atoms with E-state index in [1.165, 1.54) is 17.3 Å². The van der Waals surface area contributed by atoms with Crippen LogP contribution in [0.25, 0.3) is 0 Å². The fourth-order valence-corrected chi connectivity index (χ4v) is 2.15. The maximum atomic E-state index is 11.1. The molecule has 0 aromatic heterocycles. The Morgan fingerprint density at radius 3 is 2.67 bits per heavy atom. The molecule has 2 rings (SSSR count). The summed E-state index contributed by atoms with van der Waals surface area (Å²) in [6.45, 7) is 0. The predicted octanol–water partition coefficient (Wildman–Crippen LogP) is -2.08. The van der Waals surface area contributed by atoms with Crippen LogP contribution in [0.3, 0.4) is 0 Å². The number of hydrogen-bond acceptors (Lipinski definition) is 2. The molecular weight excluding hydrogens is 248 g/mol. The zero-order valence-corrected chi connectivity index (χ0v) is 10.3. The summed E-state index contributed by atoms with van der Waals surface area (Å²) in [7, 11) is 0. The van der Waals surface area contributed by atoms with Gasteiger partial charge in [0.15, 0.2) is 0 Å². The number of fused-ring (bicyclic) bond motifs is 1. The second-order valence-corrected chi connectivity index (χ2v) is 3.39. The SMILES string of the molecule is [Br-].[Mg+2].[O-]C1SCc2ccccc21. The van der Waals surface area contributed by atoms with Gasteiger partial charge in [-0.2, -0.15) is 11.8 Å². The summed E-state index contributed by atoms with van der Waals surface area (Å²) in [6.07, 6.45) is 0. The molecule has 1 aromatic carbocycles. The molecule has 0 N–H and O–H groups in total. The van der Waals surface area contributed by atoms with Crippen LogP contribution >= 0.6 is 11.8 Å². The van der Waals surface area contributed by atoms with Gasteiger partial charge in [0, 0.05) is 5.75 Å². The van der Waals surface area contributed by atoms with Crippen LogP contribution in [-0.2, 0) is 5.75 Å². The third kappa shape index (κ3) is 2.39.